The van der Waals surface area contributed by atoms with Crippen LogP contribution in [0, 0.1) is 0 Å². The van der Waals surface area contributed by atoms with E-state index in [9.17, 15) is 0 Å². The largest absolute Gasteiger partial charge is 0.330 e. The second kappa shape index (κ2) is 6.46. The highest BCUT2D eigenvalue weighted by molar-refractivity contribution is 9.10. The van der Waals surface area contributed by atoms with E-state index in [2.05, 4.69) is 34.1 Å². The van der Waals surface area contributed by atoms with E-state index in [-0.39, 0.29) is 0 Å². The Hall–Kier alpha value is 0.01000. The first kappa shape index (κ1) is 11.1. The topological polar surface area (TPSA) is 26.0 Å². The Morgan fingerprint density at radius 1 is 1.31 bits per heavy atom. The second-order valence-electron chi connectivity index (χ2n) is 2.79. The summed E-state index contributed by atoms with van der Waals surface area (Å²) in [6.07, 6.45) is 1.11. The van der Waals surface area contributed by atoms with E-state index in [1.807, 2.05) is 17.8 Å². The summed E-state index contributed by atoms with van der Waals surface area (Å²) in [5, 5.41) is 0. The normalized spacial score (nSPS) is 10.3. The molecule has 0 aliphatic heterocycles. The molecular formula is C10H14BrNS. The van der Waals surface area contributed by atoms with E-state index in [4.69, 9.17) is 5.73 Å². The monoisotopic (exact) mass is 259 g/mol. The summed E-state index contributed by atoms with van der Waals surface area (Å²) >= 11 is 5.46. The van der Waals surface area contributed by atoms with Gasteiger partial charge < -0.3 is 5.73 Å². The minimum absolute atomic E-state index is 0.795. The molecular weight excluding hydrogens is 246 g/mol. The predicted molar refractivity (Wildman–Crippen MR) is 64.0 cm³/mol. The Balaban J connectivity index is 2.32. The van der Waals surface area contributed by atoms with Gasteiger partial charge in [0.2, 0.25) is 0 Å². The van der Waals surface area contributed by atoms with E-state index in [1.165, 1.54) is 10.0 Å². The number of hydrogen-bond acceptors (Lipinski definition) is 2. The summed E-state index contributed by atoms with van der Waals surface area (Å²) in [4.78, 5) is 0. The van der Waals surface area contributed by atoms with Crippen molar-refractivity contribution in [3.63, 3.8) is 0 Å². The van der Waals surface area contributed by atoms with Gasteiger partial charge >= 0.3 is 0 Å². The van der Waals surface area contributed by atoms with Crippen molar-refractivity contribution in [1.29, 1.82) is 0 Å². The SMILES string of the molecule is NCCCSCc1ccccc1Br. The standard InChI is InChI=1S/C10H14BrNS/c11-10-5-2-1-4-9(10)8-13-7-3-6-12/h1-2,4-5H,3,6-8,12H2. The van der Waals surface area contributed by atoms with Gasteiger partial charge in [0.15, 0.2) is 0 Å². The lowest BCUT2D eigenvalue weighted by Crippen LogP contribution is -1.99. The van der Waals surface area contributed by atoms with E-state index < -0.39 is 0 Å². The van der Waals surface area contributed by atoms with Gasteiger partial charge in [-0.05, 0) is 30.3 Å². The molecule has 0 unspecified atom stereocenters. The molecule has 0 bridgehead atoms. The van der Waals surface area contributed by atoms with Crippen LogP contribution >= 0.6 is 27.7 Å². The first-order valence-corrected chi connectivity index (χ1v) is 6.30. The molecule has 0 aliphatic rings. The van der Waals surface area contributed by atoms with Crippen molar-refractivity contribution in [2.24, 2.45) is 5.73 Å². The van der Waals surface area contributed by atoms with Crippen LogP contribution in [0.3, 0.4) is 0 Å². The molecule has 0 fully saturated rings. The molecule has 0 saturated heterocycles. The Bertz CT molecular complexity index is 252. The first-order valence-electron chi connectivity index (χ1n) is 4.36. The fourth-order valence-electron chi connectivity index (χ4n) is 0.983. The number of thioether (sulfide) groups is 1. The molecule has 1 rings (SSSR count). The molecule has 0 heterocycles. The highest BCUT2D eigenvalue weighted by atomic mass is 79.9. The quantitative estimate of drug-likeness (QED) is 0.823. The molecule has 0 radical (unpaired) electrons. The van der Waals surface area contributed by atoms with Gasteiger partial charge in [-0.25, -0.2) is 0 Å². The smallest absolute Gasteiger partial charge is 0.0215 e. The maximum Gasteiger partial charge on any atom is 0.0215 e. The maximum atomic E-state index is 5.42. The van der Waals surface area contributed by atoms with Gasteiger partial charge in [-0.15, -0.1) is 0 Å². The summed E-state index contributed by atoms with van der Waals surface area (Å²) in [6.45, 7) is 0.795. The molecule has 1 nitrogen and oxygen atoms in total. The molecule has 72 valence electrons. The molecule has 3 heteroatoms. The van der Waals surface area contributed by atoms with E-state index in [1.54, 1.807) is 0 Å². The van der Waals surface area contributed by atoms with Crippen LogP contribution < -0.4 is 5.73 Å². The van der Waals surface area contributed by atoms with Gasteiger partial charge in [-0.1, -0.05) is 34.1 Å². The Labute approximate surface area is 92.2 Å². The predicted octanol–water partition coefficient (Wildman–Crippen LogP) is 3.03. The van der Waals surface area contributed by atoms with Gasteiger partial charge in [-0.2, -0.15) is 11.8 Å². The van der Waals surface area contributed by atoms with Crippen molar-refractivity contribution in [3.8, 4) is 0 Å². The van der Waals surface area contributed by atoms with Gasteiger partial charge in [0, 0.05) is 10.2 Å². The molecule has 1 aromatic rings. The van der Waals surface area contributed by atoms with Crippen molar-refractivity contribution in [2.45, 2.75) is 12.2 Å². The third-order valence-electron chi connectivity index (χ3n) is 1.71. The van der Waals surface area contributed by atoms with Crippen molar-refractivity contribution in [1.82, 2.24) is 0 Å². The van der Waals surface area contributed by atoms with E-state index in [0.29, 0.717) is 0 Å². The fourth-order valence-corrected chi connectivity index (χ4v) is 2.58. The van der Waals surface area contributed by atoms with Gasteiger partial charge in [0.25, 0.3) is 0 Å². The zero-order valence-corrected chi connectivity index (χ0v) is 9.90. The van der Waals surface area contributed by atoms with Gasteiger partial charge in [0.05, 0.1) is 0 Å². The summed E-state index contributed by atoms with van der Waals surface area (Å²) in [5.41, 5.74) is 6.78. The molecule has 0 spiro atoms. The van der Waals surface area contributed by atoms with Crippen LogP contribution in [0.5, 0.6) is 0 Å². The van der Waals surface area contributed by atoms with Crippen molar-refractivity contribution >= 4 is 27.7 Å². The molecule has 0 amide bonds. The van der Waals surface area contributed by atoms with Gasteiger partial charge in [-0.3, -0.25) is 0 Å². The number of hydrogen-bond donors (Lipinski definition) is 1. The number of nitrogens with two attached hydrogens (primary N) is 1. The van der Waals surface area contributed by atoms with Crippen LogP contribution in [0.25, 0.3) is 0 Å². The van der Waals surface area contributed by atoms with Crippen molar-refractivity contribution in [3.05, 3.63) is 34.3 Å². The zero-order valence-electron chi connectivity index (χ0n) is 7.50. The lowest BCUT2D eigenvalue weighted by atomic mass is 10.2. The highest BCUT2D eigenvalue weighted by Gasteiger charge is 1.97. The lowest BCUT2D eigenvalue weighted by molar-refractivity contribution is 0.943. The second-order valence-corrected chi connectivity index (χ2v) is 4.75. The molecule has 0 aromatic heterocycles. The van der Waals surface area contributed by atoms with Crippen LogP contribution in [0.1, 0.15) is 12.0 Å². The van der Waals surface area contributed by atoms with Crippen molar-refractivity contribution < 1.29 is 0 Å². The first-order chi connectivity index (χ1) is 6.34. The number of rotatable bonds is 5. The van der Waals surface area contributed by atoms with Crippen LogP contribution in [0.2, 0.25) is 0 Å². The fraction of sp³-hybridized carbons (Fsp3) is 0.400. The van der Waals surface area contributed by atoms with Crippen LogP contribution in [-0.4, -0.2) is 12.3 Å². The Kier molecular flexibility index (Phi) is 5.51. The third-order valence-corrected chi connectivity index (χ3v) is 3.57. The zero-order chi connectivity index (χ0) is 9.52. The van der Waals surface area contributed by atoms with Crippen LogP contribution in [0.15, 0.2) is 28.7 Å². The lowest BCUT2D eigenvalue weighted by Gasteiger charge is -2.03. The molecule has 0 atom stereocenters. The number of halogens is 1. The molecule has 13 heavy (non-hydrogen) atoms. The van der Waals surface area contributed by atoms with E-state index >= 15 is 0 Å². The Morgan fingerprint density at radius 3 is 2.77 bits per heavy atom. The summed E-state index contributed by atoms with van der Waals surface area (Å²) in [7, 11) is 0. The summed E-state index contributed by atoms with van der Waals surface area (Å²) in [6, 6.07) is 8.35. The maximum absolute atomic E-state index is 5.42. The average molecular weight is 260 g/mol. The van der Waals surface area contributed by atoms with Crippen molar-refractivity contribution in [2.75, 3.05) is 12.3 Å². The average Bonchev–Trinajstić information content (AvgIpc) is 2.15. The molecule has 1 aromatic carbocycles. The van der Waals surface area contributed by atoms with E-state index in [0.717, 1.165) is 24.5 Å². The molecule has 0 aliphatic carbocycles. The van der Waals surface area contributed by atoms with Gasteiger partial charge in [0.1, 0.15) is 0 Å². The Morgan fingerprint density at radius 2 is 2.08 bits per heavy atom. The minimum Gasteiger partial charge on any atom is -0.330 e. The summed E-state index contributed by atoms with van der Waals surface area (Å²) in [5.74, 6) is 2.22. The minimum atomic E-state index is 0.795. The van der Waals surface area contributed by atoms with Crippen LogP contribution in [0.4, 0.5) is 0 Å². The van der Waals surface area contributed by atoms with Crippen LogP contribution in [-0.2, 0) is 5.75 Å². The summed E-state index contributed by atoms with van der Waals surface area (Å²) < 4.78 is 1.20. The third kappa shape index (κ3) is 4.16. The highest BCUT2D eigenvalue weighted by Crippen LogP contribution is 2.21. The number of benzene rings is 1. The molecule has 2 N–H and O–H groups in total. The molecule has 0 saturated carbocycles.